The first-order chi connectivity index (χ1) is 14.6. The Morgan fingerprint density at radius 1 is 1.17 bits per heavy atom. The summed E-state index contributed by atoms with van der Waals surface area (Å²) in [5, 5.41) is 7.22. The van der Waals surface area contributed by atoms with Crippen molar-refractivity contribution in [1.82, 2.24) is 14.7 Å². The van der Waals surface area contributed by atoms with Crippen LogP contribution in [0, 0.1) is 6.92 Å². The molecule has 8 heteroatoms. The number of ether oxygens (including phenoxy) is 1. The topological polar surface area (TPSA) is 82.2 Å². The molecule has 0 aliphatic rings. The number of benzene rings is 2. The van der Waals surface area contributed by atoms with Gasteiger partial charge in [0.1, 0.15) is 11.5 Å². The molecule has 0 saturated carbocycles. The molecule has 0 aliphatic heterocycles. The van der Waals surface area contributed by atoms with Gasteiger partial charge in [0.2, 0.25) is 5.91 Å². The number of aromatic nitrogens is 3. The summed E-state index contributed by atoms with van der Waals surface area (Å²) in [5.74, 6) is 1.78. The Bertz CT molecular complexity index is 1150. The van der Waals surface area contributed by atoms with Crippen LogP contribution in [-0.4, -0.2) is 33.5 Å². The quantitative estimate of drug-likeness (QED) is 0.441. The predicted molar refractivity (Wildman–Crippen MR) is 116 cm³/mol. The van der Waals surface area contributed by atoms with Crippen LogP contribution in [0.3, 0.4) is 0 Å². The molecule has 0 radical (unpaired) electrons. The minimum absolute atomic E-state index is 0.182. The Morgan fingerprint density at radius 3 is 2.73 bits per heavy atom. The second-order valence-corrected chi connectivity index (χ2v) is 7.43. The van der Waals surface area contributed by atoms with E-state index >= 15 is 0 Å². The molecule has 0 bridgehead atoms. The minimum atomic E-state index is -0.185. The van der Waals surface area contributed by atoms with Crippen molar-refractivity contribution in [3.05, 3.63) is 72.6 Å². The highest BCUT2D eigenvalue weighted by molar-refractivity contribution is 7.99. The van der Waals surface area contributed by atoms with Gasteiger partial charge < -0.3 is 14.6 Å². The number of nitrogens with zero attached hydrogens (tertiary/aromatic N) is 3. The number of hydrogen-bond donors (Lipinski definition) is 1. The average Bonchev–Trinajstić information content (AvgIpc) is 3.39. The van der Waals surface area contributed by atoms with E-state index in [2.05, 4.69) is 15.5 Å². The number of anilines is 1. The van der Waals surface area contributed by atoms with Gasteiger partial charge in [0.15, 0.2) is 11.0 Å². The molecule has 7 nitrogen and oxygen atoms in total. The number of imidazole rings is 1. The average molecular weight is 420 g/mol. The first-order valence-corrected chi connectivity index (χ1v) is 10.3. The van der Waals surface area contributed by atoms with Gasteiger partial charge in [0.05, 0.1) is 30.4 Å². The maximum Gasteiger partial charge on any atom is 0.236 e. The van der Waals surface area contributed by atoms with Gasteiger partial charge in [0.25, 0.3) is 0 Å². The fourth-order valence-corrected chi connectivity index (χ4v) is 3.78. The second kappa shape index (κ2) is 8.87. The van der Waals surface area contributed by atoms with Crippen molar-refractivity contribution in [1.29, 1.82) is 0 Å². The number of rotatable bonds is 7. The lowest BCUT2D eigenvalue weighted by Gasteiger charge is -2.13. The Morgan fingerprint density at radius 2 is 2.00 bits per heavy atom. The Labute approximate surface area is 178 Å². The first kappa shape index (κ1) is 19.8. The number of amides is 1. The van der Waals surface area contributed by atoms with Crippen molar-refractivity contribution in [3.8, 4) is 22.7 Å². The number of aryl methyl sites for hydroxylation is 1. The Balaban J connectivity index is 1.62. The highest BCUT2D eigenvalue weighted by atomic mass is 32.2. The number of carbonyl (C=O) groups is 1. The van der Waals surface area contributed by atoms with Crippen molar-refractivity contribution in [2.45, 2.75) is 12.1 Å². The number of carbonyl (C=O) groups excluding carboxylic acids is 1. The van der Waals surface area contributed by atoms with Crippen LogP contribution in [0.1, 0.15) is 5.76 Å². The lowest BCUT2D eigenvalue weighted by atomic mass is 10.1. The van der Waals surface area contributed by atoms with Crippen LogP contribution in [0.2, 0.25) is 0 Å². The molecule has 152 valence electrons. The summed E-state index contributed by atoms with van der Waals surface area (Å²) >= 11 is 1.35. The predicted octanol–water partition coefficient (Wildman–Crippen LogP) is 4.58. The number of nitrogens with one attached hydrogen (secondary N) is 1. The van der Waals surface area contributed by atoms with Crippen molar-refractivity contribution in [2.75, 3.05) is 18.2 Å². The van der Waals surface area contributed by atoms with E-state index in [4.69, 9.17) is 9.26 Å². The Kier molecular flexibility index (Phi) is 5.85. The smallest absolute Gasteiger partial charge is 0.236 e. The van der Waals surface area contributed by atoms with Crippen molar-refractivity contribution < 1.29 is 14.1 Å². The zero-order valence-electron chi connectivity index (χ0n) is 16.5. The largest absolute Gasteiger partial charge is 0.497 e. The van der Waals surface area contributed by atoms with Crippen LogP contribution in [-0.2, 0) is 4.79 Å². The highest BCUT2D eigenvalue weighted by Crippen LogP contribution is 2.31. The summed E-state index contributed by atoms with van der Waals surface area (Å²) in [7, 11) is 1.64. The Hall–Kier alpha value is -3.52. The third-order valence-electron chi connectivity index (χ3n) is 4.34. The lowest BCUT2D eigenvalue weighted by molar-refractivity contribution is -0.113. The fraction of sp³-hybridized carbons (Fsp3) is 0.136. The van der Waals surface area contributed by atoms with E-state index in [-0.39, 0.29) is 11.7 Å². The molecule has 1 N–H and O–H groups in total. The lowest BCUT2D eigenvalue weighted by Crippen LogP contribution is -2.14. The fourth-order valence-electron chi connectivity index (χ4n) is 2.98. The summed E-state index contributed by atoms with van der Waals surface area (Å²) < 4.78 is 12.4. The van der Waals surface area contributed by atoms with E-state index in [1.165, 1.54) is 11.8 Å². The van der Waals surface area contributed by atoms with Gasteiger partial charge in [-0.25, -0.2) is 4.98 Å². The first-order valence-electron chi connectivity index (χ1n) is 9.27. The van der Waals surface area contributed by atoms with Gasteiger partial charge in [-0.15, -0.1) is 0 Å². The summed E-state index contributed by atoms with van der Waals surface area (Å²) in [6.45, 7) is 1.77. The van der Waals surface area contributed by atoms with Crippen LogP contribution in [0.4, 0.5) is 5.82 Å². The molecule has 0 aliphatic carbocycles. The van der Waals surface area contributed by atoms with E-state index in [0.29, 0.717) is 16.7 Å². The van der Waals surface area contributed by atoms with Crippen molar-refractivity contribution in [3.63, 3.8) is 0 Å². The SMILES string of the molecule is COc1cccc(-n2c(-c3ccccc3)cnc2SCC(=O)Nc2cc(C)on2)c1. The standard InChI is InChI=1S/C22H20N4O3S/c1-15-11-20(25-29-15)24-21(27)14-30-22-23-13-19(16-7-4-3-5-8-16)26(22)17-9-6-10-18(12-17)28-2/h3-13H,14H2,1-2H3,(H,24,25,27). The van der Waals surface area contributed by atoms with Gasteiger partial charge in [-0.05, 0) is 19.1 Å². The molecular weight excluding hydrogens is 400 g/mol. The zero-order valence-corrected chi connectivity index (χ0v) is 17.3. The summed E-state index contributed by atoms with van der Waals surface area (Å²) in [5.41, 5.74) is 2.86. The maximum absolute atomic E-state index is 12.3. The van der Waals surface area contributed by atoms with E-state index in [0.717, 1.165) is 22.7 Å². The number of methoxy groups -OCH3 is 1. The maximum atomic E-state index is 12.3. The molecule has 4 aromatic rings. The number of thioether (sulfide) groups is 1. The molecule has 0 spiro atoms. The minimum Gasteiger partial charge on any atom is -0.497 e. The molecule has 0 atom stereocenters. The van der Waals surface area contributed by atoms with Gasteiger partial charge in [0, 0.05) is 17.7 Å². The van der Waals surface area contributed by atoms with E-state index < -0.39 is 0 Å². The molecule has 2 aromatic heterocycles. The molecule has 0 unspecified atom stereocenters. The molecule has 30 heavy (non-hydrogen) atoms. The van der Waals surface area contributed by atoms with E-state index in [1.54, 1.807) is 20.1 Å². The summed E-state index contributed by atoms with van der Waals surface area (Å²) in [4.78, 5) is 16.9. The molecule has 1 amide bonds. The van der Waals surface area contributed by atoms with Gasteiger partial charge >= 0.3 is 0 Å². The third-order valence-corrected chi connectivity index (χ3v) is 5.29. The van der Waals surface area contributed by atoms with Gasteiger partial charge in [-0.3, -0.25) is 9.36 Å². The normalized spacial score (nSPS) is 10.7. The van der Waals surface area contributed by atoms with E-state index in [1.807, 2.05) is 65.4 Å². The second-order valence-electron chi connectivity index (χ2n) is 6.49. The van der Waals surface area contributed by atoms with Crippen LogP contribution in [0.15, 0.2) is 76.5 Å². The third kappa shape index (κ3) is 4.38. The number of hydrogen-bond acceptors (Lipinski definition) is 6. The van der Waals surface area contributed by atoms with Crippen LogP contribution < -0.4 is 10.1 Å². The van der Waals surface area contributed by atoms with Crippen molar-refractivity contribution >= 4 is 23.5 Å². The molecule has 0 fully saturated rings. The highest BCUT2D eigenvalue weighted by Gasteiger charge is 2.16. The van der Waals surface area contributed by atoms with Crippen LogP contribution in [0.25, 0.3) is 16.9 Å². The molecular formula is C22H20N4O3S. The molecule has 2 aromatic carbocycles. The zero-order chi connectivity index (χ0) is 20.9. The molecule has 2 heterocycles. The van der Waals surface area contributed by atoms with E-state index in [9.17, 15) is 4.79 Å². The van der Waals surface area contributed by atoms with Gasteiger partial charge in [-0.1, -0.05) is 53.3 Å². The molecule has 0 saturated heterocycles. The van der Waals surface area contributed by atoms with Gasteiger partial charge in [-0.2, -0.15) is 0 Å². The molecule has 4 rings (SSSR count). The monoisotopic (exact) mass is 420 g/mol. The summed E-state index contributed by atoms with van der Waals surface area (Å²) in [6, 6.07) is 19.4. The van der Waals surface area contributed by atoms with Crippen LogP contribution in [0.5, 0.6) is 5.75 Å². The van der Waals surface area contributed by atoms with Crippen LogP contribution >= 0.6 is 11.8 Å². The summed E-state index contributed by atoms with van der Waals surface area (Å²) in [6.07, 6.45) is 1.82. The van der Waals surface area contributed by atoms with Crippen molar-refractivity contribution in [2.24, 2.45) is 0 Å².